The lowest BCUT2D eigenvalue weighted by Crippen LogP contribution is -2.21. The molecule has 0 aliphatic rings. The van der Waals surface area contributed by atoms with Gasteiger partial charge in [0.2, 0.25) is 5.91 Å². The van der Waals surface area contributed by atoms with Crippen LogP contribution < -0.4 is 10.6 Å². The zero-order valence-corrected chi connectivity index (χ0v) is 16.7. The summed E-state index contributed by atoms with van der Waals surface area (Å²) in [5.74, 6) is -1.92. The summed E-state index contributed by atoms with van der Waals surface area (Å²) < 4.78 is 9.90. The third-order valence-corrected chi connectivity index (χ3v) is 3.82. The van der Waals surface area contributed by atoms with Crippen molar-refractivity contribution in [1.82, 2.24) is 0 Å². The first-order valence-corrected chi connectivity index (χ1v) is 9.55. The summed E-state index contributed by atoms with van der Waals surface area (Å²) >= 11 is 0. The molecule has 2 aromatic carbocycles. The zero-order chi connectivity index (χ0) is 21.8. The highest BCUT2D eigenvalue weighted by Gasteiger charge is 2.12. The van der Waals surface area contributed by atoms with Crippen molar-refractivity contribution in [3.63, 3.8) is 0 Å². The summed E-state index contributed by atoms with van der Waals surface area (Å²) in [5.41, 5.74) is 1.48. The summed E-state index contributed by atoms with van der Waals surface area (Å²) in [5, 5.41) is 5.22. The normalized spacial score (nSPS) is 10.0. The van der Waals surface area contributed by atoms with Crippen molar-refractivity contribution >= 4 is 35.1 Å². The molecule has 0 radical (unpaired) electrons. The van der Waals surface area contributed by atoms with Gasteiger partial charge in [-0.3, -0.25) is 14.4 Å². The van der Waals surface area contributed by atoms with E-state index in [-0.39, 0.29) is 18.7 Å². The molecular formula is C22H24N2O6. The molecular weight excluding hydrogens is 388 g/mol. The third-order valence-electron chi connectivity index (χ3n) is 3.82. The summed E-state index contributed by atoms with van der Waals surface area (Å²) in [4.78, 5) is 47.2. The Balaban J connectivity index is 1.68. The smallest absolute Gasteiger partial charge is 0.338 e. The van der Waals surface area contributed by atoms with Crippen LogP contribution in [0.2, 0.25) is 0 Å². The number of anilines is 2. The fourth-order valence-corrected chi connectivity index (χ4v) is 2.34. The lowest BCUT2D eigenvalue weighted by molar-refractivity contribution is -0.147. The van der Waals surface area contributed by atoms with Gasteiger partial charge in [0.1, 0.15) is 0 Å². The number of esters is 2. The van der Waals surface area contributed by atoms with Gasteiger partial charge < -0.3 is 20.1 Å². The Labute approximate surface area is 174 Å². The Morgan fingerprint density at radius 3 is 2.07 bits per heavy atom. The highest BCUT2D eigenvalue weighted by atomic mass is 16.5. The standard InChI is InChI=1S/C22H24N2O6/c1-2-14-29-22(28)16-8-10-18(11-9-16)23-19(25)12-13-21(27)30-15-20(26)24-17-6-4-3-5-7-17/h3-11H,2,12-15H2,1H3,(H,23,25)(H,24,26). The largest absolute Gasteiger partial charge is 0.462 e. The van der Waals surface area contributed by atoms with Gasteiger partial charge in [0.25, 0.3) is 5.91 Å². The third kappa shape index (κ3) is 8.14. The fourth-order valence-electron chi connectivity index (χ4n) is 2.34. The number of benzene rings is 2. The molecule has 2 N–H and O–H groups in total. The molecule has 0 atom stereocenters. The quantitative estimate of drug-likeness (QED) is 0.580. The lowest BCUT2D eigenvalue weighted by atomic mass is 10.2. The molecule has 0 aliphatic carbocycles. The van der Waals surface area contributed by atoms with Crippen molar-refractivity contribution in [2.24, 2.45) is 0 Å². The number of ether oxygens (including phenoxy) is 2. The summed E-state index contributed by atoms with van der Waals surface area (Å²) in [7, 11) is 0. The molecule has 0 fully saturated rings. The van der Waals surface area contributed by atoms with Crippen LogP contribution >= 0.6 is 0 Å². The van der Waals surface area contributed by atoms with Gasteiger partial charge in [0.15, 0.2) is 6.61 Å². The van der Waals surface area contributed by atoms with Crippen molar-refractivity contribution in [2.45, 2.75) is 26.2 Å². The Morgan fingerprint density at radius 2 is 1.40 bits per heavy atom. The Bertz CT molecular complexity index is 865. The minimum Gasteiger partial charge on any atom is -0.462 e. The minimum absolute atomic E-state index is 0.0978. The minimum atomic E-state index is -0.651. The number of nitrogens with one attached hydrogen (secondary N) is 2. The predicted molar refractivity (Wildman–Crippen MR) is 111 cm³/mol. The topological polar surface area (TPSA) is 111 Å². The molecule has 2 rings (SSSR count). The van der Waals surface area contributed by atoms with E-state index < -0.39 is 24.5 Å². The molecule has 0 aliphatic heterocycles. The van der Waals surface area contributed by atoms with Gasteiger partial charge in [-0.2, -0.15) is 0 Å². The Kier molecular flexibility index (Phi) is 9.05. The summed E-state index contributed by atoms with van der Waals surface area (Å²) in [6.07, 6.45) is 0.478. The van der Waals surface area contributed by atoms with Gasteiger partial charge >= 0.3 is 11.9 Å². The number of hydrogen-bond acceptors (Lipinski definition) is 6. The van der Waals surface area contributed by atoms with Crippen molar-refractivity contribution in [3.05, 3.63) is 60.2 Å². The van der Waals surface area contributed by atoms with E-state index in [0.29, 0.717) is 23.5 Å². The van der Waals surface area contributed by atoms with Crippen LogP contribution in [0.15, 0.2) is 54.6 Å². The second-order valence-electron chi connectivity index (χ2n) is 6.34. The monoisotopic (exact) mass is 412 g/mol. The van der Waals surface area contributed by atoms with Crippen LogP contribution in [0.3, 0.4) is 0 Å². The maximum absolute atomic E-state index is 12.0. The molecule has 8 nitrogen and oxygen atoms in total. The number of carbonyl (C=O) groups is 4. The van der Waals surface area contributed by atoms with Crippen molar-refractivity contribution in [3.8, 4) is 0 Å². The van der Waals surface area contributed by atoms with E-state index in [0.717, 1.165) is 6.42 Å². The van der Waals surface area contributed by atoms with Crippen molar-refractivity contribution < 1.29 is 28.7 Å². The lowest BCUT2D eigenvalue weighted by Gasteiger charge is -2.08. The second-order valence-corrected chi connectivity index (χ2v) is 6.34. The summed E-state index contributed by atoms with van der Waals surface area (Å²) in [6.45, 7) is 1.83. The molecule has 0 aromatic heterocycles. The highest BCUT2D eigenvalue weighted by molar-refractivity contribution is 5.95. The van der Waals surface area contributed by atoms with E-state index in [2.05, 4.69) is 10.6 Å². The number of amides is 2. The number of para-hydroxylation sites is 1. The Hall–Kier alpha value is -3.68. The average molecular weight is 412 g/mol. The molecule has 2 aromatic rings. The van der Waals surface area contributed by atoms with Crippen LogP contribution in [0, 0.1) is 0 Å². The van der Waals surface area contributed by atoms with E-state index >= 15 is 0 Å². The van der Waals surface area contributed by atoms with Crippen LogP contribution in [0.5, 0.6) is 0 Å². The molecule has 0 saturated carbocycles. The van der Waals surface area contributed by atoms with Gasteiger partial charge in [0.05, 0.1) is 18.6 Å². The number of hydrogen-bond donors (Lipinski definition) is 2. The highest BCUT2D eigenvalue weighted by Crippen LogP contribution is 2.12. The van der Waals surface area contributed by atoms with Gasteiger partial charge in [-0.15, -0.1) is 0 Å². The first kappa shape index (κ1) is 22.6. The van der Waals surface area contributed by atoms with E-state index in [1.165, 1.54) is 0 Å². The average Bonchev–Trinajstić information content (AvgIpc) is 2.76. The summed E-state index contributed by atoms with van der Waals surface area (Å²) in [6, 6.07) is 15.0. The molecule has 0 unspecified atom stereocenters. The van der Waals surface area contributed by atoms with Crippen molar-refractivity contribution in [1.29, 1.82) is 0 Å². The predicted octanol–water partition coefficient (Wildman–Crippen LogP) is 3.15. The van der Waals surface area contributed by atoms with Crippen molar-refractivity contribution in [2.75, 3.05) is 23.8 Å². The van der Waals surface area contributed by atoms with Crippen LogP contribution in [0.25, 0.3) is 0 Å². The van der Waals surface area contributed by atoms with E-state index in [1.54, 1.807) is 48.5 Å². The van der Waals surface area contributed by atoms with E-state index in [1.807, 2.05) is 13.0 Å². The van der Waals surface area contributed by atoms with Crippen LogP contribution in [-0.2, 0) is 23.9 Å². The molecule has 0 heterocycles. The number of rotatable bonds is 10. The van der Waals surface area contributed by atoms with Crippen LogP contribution in [0.4, 0.5) is 11.4 Å². The molecule has 30 heavy (non-hydrogen) atoms. The van der Waals surface area contributed by atoms with Crippen LogP contribution in [-0.4, -0.2) is 37.0 Å². The molecule has 0 spiro atoms. The maximum Gasteiger partial charge on any atom is 0.338 e. The molecule has 0 saturated heterocycles. The molecule has 2 amide bonds. The zero-order valence-electron chi connectivity index (χ0n) is 16.7. The van der Waals surface area contributed by atoms with E-state index in [9.17, 15) is 19.2 Å². The fraction of sp³-hybridized carbons (Fsp3) is 0.273. The van der Waals surface area contributed by atoms with Gasteiger partial charge in [-0.25, -0.2) is 4.79 Å². The second kappa shape index (κ2) is 12.0. The number of carbonyl (C=O) groups excluding carboxylic acids is 4. The molecule has 158 valence electrons. The Morgan fingerprint density at radius 1 is 0.767 bits per heavy atom. The van der Waals surface area contributed by atoms with Gasteiger partial charge in [0, 0.05) is 17.8 Å². The molecule has 0 bridgehead atoms. The van der Waals surface area contributed by atoms with Crippen LogP contribution in [0.1, 0.15) is 36.5 Å². The maximum atomic E-state index is 12.0. The first-order valence-electron chi connectivity index (χ1n) is 9.55. The van der Waals surface area contributed by atoms with Gasteiger partial charge in [-0.05, 0) is 42.8 Å². The first-order chi connectivity index (χ1) is 14.5. The molecule has 8 heteroatoms. The SMILES string of the molecule is CCCOC(=O)c1ccc(NC(=O)CCC(=O)OCC(=O)Nc2ccccc2)cc1. The van der Waals surface area contributed by atoms with E-state index in [4.69, 9.17) is 9.47 Å². The van der Waals surface area contributed by atoms with Gasteiger partial charge in [-0.1, -0.05) is 25.1 Å².